The molecule has 0 heterocycles. The molecule has 0 saturated heterocycles. The van der Waals surface area contributed by atoms with Gasteiger partial charge in [-0.1, -0.05) is 20.3 Å². The summed E-state index contributed by atoms with van der Waals surface area (Å²) in [7, 11) is -1.42. The molecule has 0 radical (unpaired) electrons. The number of ether oxygens (including phenoxy) is 2. The van der Waals surface area contributed by atoms with Crippen molar-refractivity contribution in [2.24, 2.45) is 5.92 Å². The molecule has 1 aromatic rings. The Balaban J connectivity index is 3.20. The number of rotatable bonds is 8. The van der Waals surface area contributed by atoms with Gasteiger partial charge >= 0.3 is 5.97 Å². The molecule has 0 aromatic heterocycles. The molecule has 2 atom stereocenters. The van der Waals surface area contributed by atoms with Gasteiger partial charge in [-0.2, -0.15) is 4.72 Å². The van der Waals surface area contributed by atoms with E-state index in [1.165, 1.54) is 39.3 Å². The summed E-state index contributed by atoms with van der Waals surface area (Å²) in [5.74, 6) is -1.02. The molecule has 0 aliphatic carbocycles. The van der Waals surface area contributed by atoms with Crippen LogP contribution in [0.1, 0.15) is 27.2 Å². The van der Waals surface area contributed by atoms with Crippen molar-refractivity contribution in [2.45, 2.75) is 38.1 Å². The van der Waals surface area contributed by atoms with Gasteiger partial charge in [0.1, 0.15) is 11.8 Å². The number of anilines is 1. The third-order valence-corrected chi connectivity index (χ3v) is 5.18. The molecule has 0 fully saturated rings. The number of esters is 1. The lowest BCUT2D eigenvalue weighted by Gasteiger charge is -2.22. The van der Waals surface area contributed by atoms with Gasteiger partial charge in [0.25, 0.3) is 0 Å². The molecule has 2 N–H and O–H groups in total. The first-order chi connectivity index (χ1) is 11.7. The Kier molecular flexibility index (Phi) is 7.38. The molecule has 1 rings (SSSR count). The predicted molar refractivity (Wildman–Crippen MR) is 92.9 cm³/mol. The zero-order valence-corrected chi connectivity index (χ0v) is 15.8. The minimum atomic E-state index is -3.99. The molecular formula is C16H24N2O6S. The molecule has 0 aliphatic heterocycles. The second kappa shape index (κ2) is 8.82. The van der Waals surface area contributed by atoms with Crippen LogP contribution in [-0.4, -0.2) is 40.6 Å². The summed E-state index contributed by atoms with van der Waals surface area (Å²) < 4.78 is 37.4. The summed E-state index contributed by atoms with van der Waals surface area (Å²) in [5.41, 5.74) is 0.348. The van der Waals surface area contributed by atoms with E-state index in [0.717, 1.165) is 0 Å². The Morgan fingerprint density at radius 1 is 1.24 bits per heavy atom. The fourth-order valence-corrected chi connectivity index (χ4v) is 3.43. The van der Waals surface area contributed by atoms with Crippen molar-refractivity contribution in [1.82, 2.24) is 4.72 Å². The van der Waals surface area contributed by atoms with Crippen molar-refractivity contribution in [1.29, 1.82) is 0 Å². The van der Waals surface area contributed by atoms with E-state index in [4.69, 9.17) is 4.74 Å². The Hall–Kier alpha value is -2.13. The fourth-order valence-electron chi connectivity index (χ4n) is 2.13. The van der Waals surface area contributed by atoms with Crippen molar-refractivity contribution in [3.8, 4) is 5.75 Å². The average Bonchev–Trinajstić information content (AvgIpc) is 2.58. The summed E-state index contributed by atoms with van der Waals surface area (Å²) in [4.78, 5) is 23.0. The van der Waals surface area contributed by atoms with Crippen molar-refractivity contribution < 1.29 is 27.5 Å². The van der Waals surface area contributed by atoms with Crippen molar-refractivity contribution in [2.75, 3.05) is 19.5 Å². The van der Waals surface area contributed by atoms with Gasteiger partial charge in [-0.3, -0.25) is 9.59 Å². The summed E-state index contributed by atoms with van der Waals surface area (Å²) in [6.07, 6.45) is 0.590. The molecular weight excluding hydrogens is 348 g/mol. The van der Waals surface area contributed by atoms with Gasteiger partial charge in [0, 0.05) is 13.0 Å². The van der Waals surface area contributed by atoms with E-state index >= 15 is 0 Å². The normalized spacial score (nSPS) is 13.6. The van der Waals surface area contributed by atoms with E-state index in [0.29, 0.717) is 12.1 Å². The molecule has 140 valence electrons. The predicted octanol–water partition coefficient (Wildman–Crippen LogP) is 1.52. The first-order valence-electron chi connectivity index (χ1n) is 7.72. The van der Waals surface area contributed by atoms with Crippen LogP contribution >= 0.6 is 0 Å². The Bertz CT molecular complexity index is 732. The number of sulfonamides is 1. The first kappa shape index (κ1) is 20.9. The lowest BCUT2D eigenvalue weighted by atomic mass is 10.0. The van der Waals surface area contributed by atoms with Crippen molar-refractivity contribution >= 4 is 27.6 Å². The molecule has 0 unspecified atom stereocenters. The van der Waals surface area contributed by atoms with Crippen LogP contribution in [0, 0.1) is 5.92 Å². The number of methoxy groups -OCH3 is 2. The standard InChI is InChI=1S/C16H24N2O6S/c1-6-10(2)15(16(20)24-5)18-25(21,22)12-7-8-13(17-11(3)19)14(9-12)23-4/h7-10,15,18H,6H2,1-5H3,(H,17,19)/t10-,15+/m1/s1. The number of nitrogens with one attached hydrogen (secondary N) is 2. The molecule has 0 aliphatic rings. The molecule has 1 aromatic carbocycles. The van der Waals surface area contributed by atoms with Crippen LogP contribution < -0.4 is 14.8 Å². The number of benzene rings is 1. The van der Waals surface area contributed by atoms with Crippen LogP contribution in [0.4, 0.5) is 5.69 Å². The summed E-state index contributed by atoms with van der Waals surface area (Å²) in [6.45, 7) is 4.93. The van der Waals surface area contributed by atoms with E-state index in [-0.39, 0.29) is 22.5 Å². The number of amides is 1. The van der Waals surface area contributed by atoms with Crippen LogP contribution in [-0.2, 0) is 24.3 Å². The third-order valence-electron chi connectivity index (χ3n) is 3.74. The third kappa shape index (κ3) is 5.43. The first-order valence-corrected chi connectivity index (χ1v) is 9.20. The topological polar surface area (TPSA) is 111 Å². The van der Waals surface area contributed by atoms with Gasteiger partial charge < -0.3 is 14.8 Å². The quantitative estimate of drug-likeness (QED) is 0.669. The van der Waals surface area contributed by atoms with Crippen molar-refractivity contribution in [3.05, 3.63) is 18.2 Å². The van der Waals surface area contributed by atoms with Gasteiger partial charge in [-0.25, -0.2) is 8.42 Å². The minimum absolute atomic E-state index is 0.0874. The van der Waals surface area contributed by atoms with E-state index < -0.39 is 22.0 Å². The SMILES string of the molecule is CC[C@@H](C)[C@H](NS(=O)(=O)c1ccc(NC(C)=O)c(OC)c1)C(=O)OC. The number of carbonyl (C=O) groups excluding carboxylic acids is 2. The second-order valence-corrected chi connectivity index (χ2v) is 7.26. The molecule has 9 heteroatoms. The fraction of sp³-hybridized carbons (Fsp3) is 0.500. The smallest absolute Gasteiger partial charge is 0.324 e. The Labute approximate surface area is 147 Å². The summed E-state index contributed by atoms with van der Waals surface area (Å²) >= 11 is 0. The highest BCUT2D eigenvalue weighted by Crippen LogP contribution is 2.28. The highest BCUT2D eigenvalue weighted by molar-refractivity contribution is 7.89. The van der Waals surface area contributed by atoms with Crippen LogP contribution in [0.2, 0.25) is 0 Å². The van der Waals surface area contributed by atoms with E-state index in [9.17, 15) is 18.0 Å². The Morgan fingerprint density at radius 2 is 1.88 bits per heavy atom. The highest BCUT2D eigenvalue weighted by atomic mass is 32.2. The molecule has 25 heavy (non-hydrogen) atoms. The van der Waals surface area contributed by atoms with Crippen LogP contribution in [0.15, 0.2) is 23.1 Å². The maximum absolute atomic E-state index is 12.6. The van der Waals surface area contributed by atoms with Crippen molar-refractivity contribution in [3.63, 3.8) is 0 Å². The molecule has 8 nitrogen and oxygen atoms in total. The largest absolute Gasteiger partial charge is 0.495 e. The lowest BCUT2D eigenvalue weighted by Crippen LogP contribution is -2.45. The minimum Gasteiger partial charge on any atom is -0.495 e. The summed E-state index contributed by atoms with van der Waals surface area (Å²) in [5, 5.41) is 2.55. The Morgan fingerprint density at radius 3 is 2.36 bits per heavy atom. The van der Waals surface area contributed by atoms with E-state index in [1.807, 2.05) is 6.92 Å². The van der Waals surface area contributed by atoms with Gasteiger partial charge in [0.2, 0.25) is 15.9 Å². The van der Waals surface area contributed by atoms with Gasteiger partial charge in [0.15, 0.2) is 0 Å². The highest BCUT2D eigenvalue weighted by Gasteiger charge is 2.30. The molecule has 0 spiro atoms. The summed E-state index contributed by atoms with van der Waals surface area (Å²) in [6, 6.07) is 3.02. The van der Waals surface area contributed by atoms with Gasteiger partial charge in [-0.15, -0.1) is 0 Å². The van der Waals surface area contributed by atoms with E-state index in [2.05, 4.69) is 14.8 Å². The monoisotopic (exact) mass is 372 g/mol. The second-order valence-electron chi connectivity index (χ2n) is 5.55. The van der Waals surface area contributed by atoms with Crippen LogP contribution in [0.5, 0.6) is 5.75 Å². The number of carbonyl (C=O) groups is 2. The van der Waals surface area contributed by atoms with Crippen LogP contribution in [0.25, 0.3) is 0 Å². The van der Waals surface area contributed by atoms with E-state index in [1.54, 1.807) is 6.92 Å². The van der Waals surface area contributed by atoms with Gasteiger partial charge in [-0.05, 0) is 18.1 Å². The molecule has 1 amide bonds. The number of hydrogen-bond acceptors (Lipinski definition) is 6. The van der Waals surface area contributed by atoms with Gasteiger partial charge in [0.05, 0.1) is 24.8 Å². The zero-order valence-electron chi connectivity index (χ0n) is 15.0. The average molecular weight is 372 g/mol. The lowest BCUT2D eigenvalue weighted by molar-refractivity contribution is -0.143. The number of hydrogen-bond donors (Lipinski definition) is 2. The van der Waals surface area contributed by atoms with Crippen LogP contribution in [0.3, 0.4) is 0 Å². The molecule has 0 bridgehead atoms. The maximum Gasteiger partial charge on any atom is 0.324 e. The zero-order chi connectivity index (χ0) is 19.2. The molecule has 0 saturated carbocycles. The maximum atomic E-state index is 12.6.